The van der Waals surface area contributed by atoms with Crippen molar-refractivity contribution in [1.29, 1.82) is 5.41 Å². The second-order valence-electron chi connectivity index (χ2n) is 4.97. The van der Waals surface area contributed by atoms with Crippen molar-refractivity contribution in [2.45, 2.75) is 39.2 Å². The van der Waals surface area contributed by atoms with E-state index < -0.39 is 0 Å². The first-order chi connectivity index (χ1) is 9.08. The van der Waals surface area contributed by atoms with Gasteiger partial charge in [0, 0.05) is 12.3 Å². The Kier molecular flexibility index (Phi) is 4.37. The Balaban J connectivity index is 2.12. The first kappa shape index (κ1) is 13.8. The zero-order chi connectivity index (χ0) is 13.8. The molecule has 0 aliphatic carbocycles. The maximum atomic E-state index is 7.64. The van der Waals surface area contributed by atoms with E-state index in [2.05, 4.69) is 4.98 Å². The molecule has 0 amide bonds. The van der Waals surface area contributed by atoms with Crippen molar-refractivity contribution in [1.82, 2.24) is 4.98 Å². The topological polar surface area (TPSA) is 81.2 Å². The van der Waals surface area contributed by atoms with Crippen molar-refractivity contribution in [3.63, 3.8) is 0 Å². The molecule has 0 spiro atoms. The lowest BCUT2D eigenvalue weighted by Gasteiger charge is -2.23. The predicted molar refractivity (Wildman–Crippen MR) is 73.8 cm³/mol. The van der Waals surface area contributed by atoms with Crippen molar-refractivity contribution in [2.24, 2.45) is 5.73 Å². The number of amidine groups is 1. The van der Waals surface area contributed by atoms with Crippen LogP contribution in [0.1, 0.15) is 36.1 Å². The van der Waals surface area contributed by atoms with Gasteiger partial charge in [-0.25, -0.2) is 4.98 Å². The molecule has 1 aromatic rings. The van der Waals surface area contributed by atoms with Crippen LogP contribution in [-0.4, -0.2) is 30.1 Å². The van der Waals surface area contributed by atoms with Crippen molar-refractivity contribution < 1.29 is 9.47 Å². The lowest BCUT2D eigenvalue weighted by Crippen LogP contribution is -2.27. The monoisotopic (exact) mass is 263 g/mol. The number of nitrogens with zero attached hydrogens (tertiary/aromatic N) is 1. The van der Waals surface area contributed by atoms with E-state index in [9.17, 15) is 0 Å². The minimum Gasteiger partial charge on any atom is -0.474 e. The number of ether oxygens (including phenoxy) is 2. The van der Waals surface area contributed by atoms with E-state index in [-0.39, 0.29) is 11.9 Å². The molecule has 0 bridgehead atoms. The van der Waals surface area contributed by atoms with E-state index in [4.69, 9.17) is 20.6 Å². The van der Waals surface area contributed by atoms with Crippen LogP contribution in [0.4, 0.5) is 0 Å². The van der Waals surface area contributed by atoms with Gasteiger partial charge in [-0.15, -0.1) is 0 Å². The Bertz CT molecular complexity index is 468. The average Bonchev–Trinajstić information content (AvgIpc) is 2.36. The van der Waals surface area contributed by atoms with E-state index in [0.717, 1.165) is 30.7 Å². The van der Waals surface area contributed by atoms with Crippen molar-refractivity contribution >= 4 is 5.84 Å². The van der Waals surface area contributed by atoms with E-state index in [1.54, 1.807) is 0 Å². The molecule has 0 aromatic carbocycles. The molecular weight excluding hydrogens is 242 g/mol. The summed E-state index contributed by atoms with van der Waals surface area (Å²) in [5, 5.41) is 7.64. The zero-order valence-electron chi connectivity index (χ0n) is 11.5. The Morgan fingerprint density at radius 1 is 1.53 bits per heavy atom. The number of nitrogens with one attached hydrogen (secondary N) is 1. The number of hydrogen-bond donors (Lipinski definition) is 2. The van der Waals surface area contributed by atoms with Gasteiger partial charge in [0.1, 0.15) is 12.4 Å². The van der Waals surface area contributed by atoms with Gasteiger partial charge in [-0.2, -0.15) is 0 Å². The summed E-state index contributed by atoms with van der Waals surface area (Å²) in [4.78, 5) is 4.34. The maximum absolute atomic E-state index is 7.64. The summed E-state index contributed by atoms with van der Waals surface area (Å²) >= 11 is 0. The van der Waals surface area contributed by atoms with E-state index in [0.29, 0.717) is 18.1 Å². The lowest BCUT2D eigenvalue weighted by molar-refractivity contribution is -0.0120. The van der Waals surface area contributed by atoms with E-state index in [1.807, 2.05) is 19.9 Å². The smallest absolute Gasteiger partial charge is 0.225 e. The Morgan fingerprint density at radius 3 is 2.95 bits per heavy atom. The highest BCUT2D eigenvalue weighted by molar-refractivity contribution is 5.98. The Labute approximate surface area is 113 Å². The third-order valence-corrected chi connectivity index (χ3v) is 3.26. The summed E-state index contributed by atoms with van der Waals surface area (Å²) in [6.07, 6.45) is 3.43. The fourth-order valence-corrected chi connectivity index (χ4v) is 2.35. The summed E-state index contributed by atoms with van der Waals surface area (Å²) in [7, 11) is 0. The zero-order valence-corrected chi connectivity index (χ0v) is 11.5. The van der Waals surface area contributed by atoms with Gasteiger partial charge < -0.3 is 15.2 Å². The molecule has 1 saturated heterocycles. The summed E-state index contributed by atoms with van der Waals surface area (Å²) < 4.78 is 11.4. The molecule has 3 N–H and O–H groups in total. The van der Waals surface area contributed by atoms with E-state index >= 15 is 0 Å². The molecule has 5 nitrogen and oxygen atoms in total. The van der Waals surface area contributed by atoms with Crippen molar-refractivity contribution in [3.8, 4) is 5.88 Å². The number of rotatable bonds is 4. The third-order valence-electron chi connectivity index (χ3n) is 3.26. The fourth-order valence-electron chi connectivity index (χ4n) is 2.35. The van der Waals surface area contributed by atoms with Crippen LogP contribution in [0.5, 0.6) is 5.88 Å². The van der Waals surface area contributed by atoms with Crippen LogP contribution < -0.4 is 10.5 Å². The molecule has 104 valence electrons. The molecule has 1 aliphatic rings. The van der Waals surface area contributed by atoms with Gasteiger partial charge in [0.15, 0.2) is 0 Å². The minimum absolute atomic E-state index is 0.00966. The second kappa shape index (κ2) is 6.02. The average molecular weight is 263 g/mol. The first-order valence-corrected chi connectivity index (χ1v) is 6.65. The SMILES string of the molecule is Cc1cc(C)c(C(=N)N)c(OCC2CCCCO2)n1. The van der Waals surface area contributed by atoms with Crippen LogP contribution in [0, 0.1) is 19.3 Å². The minimum atomic E-state index is -0.00966. The highest BCUT2D eigenvalue weighted by atomic mass is 16.5. The number of nitrogens with two attached hydrogens (primary N) is 1. The summed E-state index contributed by atoms with van der Waals surface area (Å²) in [5.74, 6) is 0.434. The number of nitrogen functional groups attached to an aromatic ring is 1. The van der Waals surface area contributed by atoms with Gasteiger partial charge in [-0.3, -0.25) is 5.41 Å². The second-order valence-corrected chi connectivity index (χ2v) is 4.97. The van der Waals surface area contributed by atoms with E-state index in [1.165, 1.54) is 6.42 Å². The molecule has 0 radical (unpaired) electrons. The summed E-state index contributed by atoms with van der Waals surface area (Å²) in [5.41, 5.74) is 7.97. The molecule has 1 atom stereocenters. The molecule has 1 aliphatic heterocycles. The number of aromatic nitrogens is 1. The van der Waals surface area contributed by atoms with Crippen LogP contribution in [0.25, 0.3) is 0 Å². The van der Waals surface area contributed by atoms with Crippen molar-refractivity contribution in [2.75, 3.05) is 13.2 Å². The molecule has 1 fully saturated rings. The number of pyridine rings is 1. The van der Waals surface area contributed by atoms with Gasteiger partial charge in [0.05, 0.1) is 11.7 Å². The summed E-state index contributed by atoms with van der Waals surface area (Å²) in [6.45, 7) is 5.08. The normalized spacial score (nSPS) is 19.2. The van der Waals surface area contributed by atoms with Gasteiger partial charge in [-0.05, 0) is 44.7 Å². The standard InChI is InChI=1S/C14H21N3O2/c1-9-7-10(2)17-14(12(9)13(15)16)19-8-11-5-3-4-6-18-11/h7,11H,3-6,8H2,1-2H3,(H3,15,16). The fraction of sp³-hybridized carbons (Fsp3) is 0.571. The molecule has 2 rings (SSSR count). The highest BCUT2D eigenvalue weighted by Gasteiger charge is 2.18. The highest BCUT2D eigenvalue weighted by Crippen LogP contribution is 2.22. The van der Waals surface area contributed by atoms with Gasteiger partial charge in [0.2, 0.25) is 5.88 Å². The predicted octanol–water partition coefficient (Wildman–Crippen LogP) is 1.93. The number of hydrogen-bond acceptors (Lipinski definition) is 4. The Morgan fingerprint density at radius 2 is 2.32 bits per heavy atom. The molecule has 1 aromatic heterocycles. The van der Waals surface area contributed by atoms with Crippen LogP contribution in [-0.2, 0) is 4.74 Å². The summed E-state index contributed by atoms with van der Waals surface area (Å²) in [6, 6.07) is 1.90. The van der Waals surface area contributed by atoms with Crippen LogP contribution >= 0.6 is 0 Å². The Hall–Kier alpha value is -1.62. The largest absolute Gasteiger partial charge is 0.474 e. The molecular formula is C14H21N3O2. The number of aryl methyl sites for hydroxylation is 2. The van der Waals surface area contributed by atoms with Gasteiger partial charge in [-0.1, -0.05) is 0 Å². The molecule has 19 heavy (non-hydrogen) atoms. The van der Waals surface area contributed by atoms with Crippen LogP contribution in [0.15, 0.2) is 6.07 Å². The van der Waals surface area contributed by atoms with Crippen LogP contribution in [0.3, 0.4) is 0 Å². The molecule has 5 heteroatoms. The molecule has 0 saturated carbocycles. The van der Waals surface area contributed by atoms with Crippen molar-refractivity contribution in [3.05, 3.63) is 22.9 Å². The first-order valence-electron chi connectivity index (χ1n) is 6.65. The maximum Gasteiger partial charge on any atom is 0.225 e. The quantitative estimate of drug-likeness (QED) is 0.642. The molecule has 2 heterocycles. The van der Waals surface area contributed by atoms with Gasteiger partial charge >= 0.3 is 0 Å². The molecule has 1 unspecified atom stereocenters. The van der Waals surface area contributed by atoms with Crippen LogP contribution in [0.2, 0.25) is 0 Å². The lowest BCUT2D eigenvalue weighted by atomic mass is 10.1. The third kappa shape index (κ3) is 3.44. The van der Waals surface area contributed by atoms with Gasteiger partial charge in [0.25, 0.3) is 0 Å².